The number of carbonyl (C=O) groups excluding carboxylic acids is 2. The number of benzene rings is 3. The number of fused-ring (bicyclic) bond motifs is 1. The summed E-state index contributed by atoms with van der Waals surface area (Å²) in [6.07, 6.45) is 3.04. The minimum Gasteiger partial charge on any atom is -0.468 e. The summed E-state index contributed by atoms with van der Waals surface area (Å²) in [5.74, 6) is -0.854. The molecule has 1 aromatic heterocycles. The van der Waals surface area contributed by atoms with Gasteiger partial charge in [-0.3, -0.25) is 4.79 Å². The highest BCUT2D eigenvalue weighted by Gasteiger charge is 2.51. The molecule has 0 N–H and O–H groups in total. The van der Waals surface area contributed by atoms with Crippen LogP contribution in [0.4, 0.5) is 0 Å². The van der Waals surface area contributed by atoms with Gasteiger partial charge in [0.2, 0.25) is 0 Å². The molecule has 5 heteroatoms. The molecule has 4 nitrogen and oxygen atoms in total. The monoisotopic (exact) mass is 489 g/mol. The Morgan fingerprint density at radius 3 is 2.31 bits per heavy atom. The number of aromatic nitrogens is 1. The molecule has 0 bridgehead atoms. The predicted octanol–water partition coefficient (Wildman–Crippen LogP) is 5.77. The maximum atomic E-state index is 13.9. The van der Waals surface area contributed by atoms with Gasteiger partial charge >= 0.3 is 5.97 Å². The normalized spacial score (nSPS) is 14.0. The number of rotatable bonds is 7. The Bertz CT molecular complexity index is 1250. The number of carbonyl (C=O) groups is 2. The standard InChI is InChI=1S/C27H24BrNO3/c1-29-18-23(21-14-9-15-24(28)25(21)29)27(26(31)32-2,20-12-7-4-8-13-20)22(16-17-30)19-10-5-3-6-11-19/h3-15,17-18,22H,16H2,1-2H3. The first-order chi connectivity index (χ1) is 15.6. The average Bonchev–Trinajstić information content (AvgIpc) is 3.17. The van der Waals surface area contributed by atoms with Crippen LogP contribution >= 0.6 is 15.9 Å². The highest BCUT2D eigenvalue weighted by atomic mass is 79.9. The van der Waals surface area contributed by atoms with Crippen molar-refractivity contribution < 1.29 is 14.3 Å². The molecule has 1 heterocycles. The van der Waals surface area contributed by atoms with Crippen LogP contribution in [0.3, 0.4) is 0 Å². The molecule has 0 radical (unpaired) electrons. The topological polar surface area (TPSA) is 48.3 Å². The zero-order valence-electron chi connectivity index (χ0n) is 18.0. The first-order valence-electron chi connectivity index (χ1n) is 10.4. The fraction of sp³-hybridized carbons (Fsp3) is 0.185. The van der Waals surface area contributed by atoms with Gasteiger partial charge in [0.15, 0.2) is 0 Å². The van der Waals surface area contributed by atoms with Crippen LogP contribution in [0, 0.1) is 0 Å². The highest BCUT2D eigenvalue weighted by Crippen LogP contribution is 2.50. The lowest BCUT2D eigenvalue weighted by molar-refractivity contribution is -0.146. The lowest BCUT2D eigenvalue weighted by atomic mass is 9.62. The number of esters is 1. The number of nitrogens with zero attached hydrogens (tertiary/aromatic N) is 1. The molecule has 0 saturated heterocycles. The van der Waals surface area contributed by atoms with Crippen LogP contribution in [-0.4, -0.2) is 23.9 Å². The molecule has 0 aliphatic rings. The van der Waals surface area contributed by atoms with Gasteiger partial charge < -0.3 is 14.1 Å². The summed E-state index contributed by atoms with van der Waals surface area (Å²) in [4.78, 5) is 25.9. The quantitative estimate of drug-likeness (QED) is 0.244. The molecule has 4 aromatic rings. The number of aryl methyl sites for hydroxylation is 1. The maximum Gasteiger partial charge on any atom is 0.321 e. The second kappa shape index (κ2) is 9.13. The summed E-state index contributed by atoms with van der Waals surface area (Å²) in [6, 6.07) is 25.3. The Hall–Kier alpha value is -3.18. The molecule has 4 rings (SSSR count). The van der Waals surface area contributed by atoms with Crippen LogP contribution in [0.15, 0.2) is 89.5 Å². The highest BCUT2D eigenvalue weighted by molar-refractivity contribution is 9.10. The number of ether oxygens (including phenoxy) is 1. The zero-order chi connectivity index (χ0) is 22.7. The minimum absolute atomic E-state index is 0.165. The largest absolute Gasteiger partial charge is 0.468 e. The van der Waals surface area contributed by atoms with E-state index in [4.69, 9.17) is 4.74 Å². The molecule has 0 fully saturated rings. The van der Waals surface area contributed by atoms with E-state index in [9.17, 15) is 9.59 Å². The van der Waals surface area contributed by atoms with Crippen molar-refractivity contribution in [1.82, 2.24) is 4.57 Å². The maximum absolute atomic E-state index is 13.9. The number of para-hydroxylation sites is 1. The van der Waals surface area contributed by atoms with E-state index in [1.165, 1.54) is 7.11 Å². The number of hydrogen-bond donors (Lipinski definition) is 0. The molecule has 0 saturated carbocycles. The van der Waals surface area contributed by atoms with E-state index in [1.807, 2.05) is 96.7 Å². The SMILES string of the molecule is COC(=O)C(c1ccccc1)(c1cn(C)c2c(Br)cccc12)C(CC=O)c1ccccc1. The van der Waals surface area contributed by atoms with Crippen LogP contribution in [0.2, 0.25) is 0 Å². The van der Waals surface area contributed by atoms with Crippen LogP contribution in [0.25, 0.3) is 10.9 Å². The molecule has 162 valence electrons. The van der Waals surface area contributed by atoms with Gasteiger partial charge in [0.05, 0.1) is 12.6 Å². The number of methoxy groups -OCH3 is 1. The van der Waals surface area contributed by atoms with Crippen molar-refractivity contribution >= 4 is 39.1 Å². The summed E-state index contributed by atoms with van der Waals surface area (Å²) >= 11 is 3.66. The van der Waals surface area contributed by atoms with E-state index < -0.39 is 17.3 Å². The lowest BCUT2D eigenvalue weighted by Gasteiger charge is -2.38. The van der Waals surface area contributed by atoms with Gasteiger partial charge in [0, 0.05) is 41.0 Å². The Kier molecular flexibility index (Phi) is 6.28. The smallest absolute Gasteiger partial charge is 0.321 e. The van der Waals surface area contributed by atoms with Crippen molar-refractivity contribution in [3.8, 4) is 0 Å². The Balaban J connectivity index is 2.18. The van der Waals surface area contributed by atoms with E-state index in [-0.39, 0.29) is 6.42 Å². The van der Waals surface area contributed by atoms with Gasteiger partial charge in [-0.15, -0.1) is 0 Å². The molecule has 2 atom stereocenters. The number of aldehydes is 1. The average molecular weight is 490 g/mol. The molecule has 0 amide bonds. The van der Waals surface area contributed by atoms with Crippen LogP contribution in [-0.2, 0) is 26.8 Å². The molecule has 2 unspecified atom stereocenters. The van der Waals surface area contributed by atoms with E-state index >= 15 is 0 Å². The molecule has 32 heavy (non-hydrogen) atoms. The minimum atomic E-state index is -1.22. The summed E-state index contributed by atoms with van der Waals surface area (Å²) in [7, 11) is 3.37. The molecule has 0 aliphatic heterocycles. The van der Waals surface area contributed by atoms with Gasteiger partial charge in [0.25, 0.3) is 0 Å². The van der Waals surface area contributed by atoms with Crippen LogP contribution < -0.4 is 0 Å². The third-order valence-electron chi connectivity index (χ3n) is 6.17. The van der Waals surface area contributed by atoms with Crippen molar-refractivity contribution in [1.29, 1.82) is 0 Å². The van der Waals surface area contributed by atoms with Crippen LogP contribution in [0.5, 0.6) is 0 Å². The fourth-order valence-corrected chi connectivity index (χ4v) is 5.50. The molecule has 0 spiro atoms. The van der Waals surface area contributed by atoms with Gasteiger partial charge in [-0.1, -0.05) is 72.8 Å². The third kappa shape index (κ3) is 3.47. The van der Waals surface area contributed by atoms with E-state index in [2.05, 4.69) is 15.9 Å². The molecule has 3 aromatic carbocycles. The van der Waals surface area contributed by atoms with Gasteiger partial charge in [-0.2, -0.15) is 0 Å². The number of halogens is 1. The van der Waals surface area contributed by atoms with E-state index in [0.29, 0.717) is 0 Å². The first-order valence-corrected chi connectivity index (χ1v) is 11.2. The second-order valence-corrected chi connectivity index (χ2v) is 8.68. The fourth-order valence-electron chi connectivity index (χ4n) is 4.85. The molecule has 0 aliphatic carbocycles. The van der Waals surface area contributed by atoms with E-state index in [0.717, 1.165) is 38.4 Å². The third-order valence-corrected chi connectivity index (χ3v) is 6.81. The van der Waals surface area contributed by atoms with Gasteiger partial charge in [0.1, 0.15) is 11.7 Å². The van der Waals surface area contributed by atoms with Gasteiger partial charge in [-0.25, -0.2) is 0 Å². The zero-order valence-corrected chi connectivity index (χ0v) is 19.6. The lowest BCUT2D eigenvalue weighted by Crippen LogP contribution is -2.44. The Labute approximate surface area is 196 Å². The summed E-state index contributed by atoms with van der Waals surface area (Å²) in [6.45, 7) is 0. The van der Waals surface area contributed by atoms with Crippen molar-refractivity contribution in [3.05, 3.63) is 106 Å². The second-order valence-electron chi connectivity index (χ2n) is 7.82. The van der Waals surface area contributed by atoms with Crippen molar-refractivity contribution in [3.63, 3.8) is 0 Å². The summed E-state index contributed by atoms with van der Waals surface area (Å²) in [5.41, 5.74) is 2.25. The number of hydrogen-bond acceptors (Lipinski definition) is 3. The van der Waals surface area contributed by atoms with Crippen molar-refractivity contribution in [2.75, 3.05) is 7.11 Å². The predicted molar refractivity (Wildman–Crippen MR) is 130 cm³/mol. The Morgan fingerprint density at radius 1 is 1.03 bits per heavy atom. The summed E-state index contributed by atoms with van der Waals surface area (Å²) in [5, 5.41) is 0.933. The Morgan fingerprint density at radius 2 is 1.69 bits per heavy atom. The van der Waals surface area contributed by atoms with Gasteiger partial charge in [-0.05, 0) is 33.1 Å². The first kappa shape index (κ1) is 22.0. The van der Waals surface area contributed by atoms with Crippen LogP contribution in [0.1, 0.15) is 29.0 Å². The van der Waals surface area contributed by atoms with Crippen molar-refractivity contribution in [2.24, 2.45) is 7.05 Å². The van der Waals surface area contributed by atoms with E-state index in [1.54, 1.807) is 0 Å². The summed E-state index contributed by atoms with van der Waals surface area (Å²) < 4.78 is 8.43. The molecular formula is C27H24BrNO3. The van der Waals surface area contributed by atoms with Crippen molar-refractivity contribution in [2.45, 2.75) is 17.8 Å². The molecular weight excluding hydrogens is 466 g/mol.